The third kappa shape index (κ3) is 4.40. The Balaban J connectivity index is 1.54. The lowest BCUT2D eigenvalue weighted by Gasteiger charge is -2.28. The number of carbonyl (C=O) groups excluding carboxylic acids is 1. The van der Waals surface area contributed by atoms with E-state index in [-0.39, 0.29) is 12.1 Å². The summed E-state index contributed by atoms with van der Waals surface area (Å²) in [4.78, 5) is 33.3. The van der Waals surface area contributed by atoms with E-state index in [0.717, 1.165) is 49.5 Å². The van der Waals surface area contributed by atoms with Gasteiger partial charge in [0.2, 0.25) is 0 Å². The number of nitrogens with one attached hydrogen (secondary N) is 1. The first-order chi connectivity index (χ1) is 16.6. The average molecular weight is 458 g/mol. The SMILES string of the molecule is CCN1CC[C@@H](C)N(C(=O)Nc2cnccn2)c2nc(-c3cccc(N4CCCC4)c3)ccc21. The van der Waals surface area contributed by atoms with Crippen LogP contribution >= 0.6 is 0 Å². The van der Waals surface area contributed by atoms with Crippen molar-refractivity contribution >= 4 is 29.0 Å². The normalized spacial score (nSPS) is 17.9. The topological polar surface area (TPSA) is 77.5 Å². The van der Waals surface area contributed by atoms with E-state index in [4.69, 9.17) is 4.98 Å². The summed E-state index contributed by atoms with van der Waals surface area (Å²) < 4.78 is 0. The number of carbonyl (C=O) groups is 1. The number of aromatic nitrogens is 3. The van der Waals surface area contributed by atoms with E-state index in [1.54, 1.807) is 23.5 Å². The third-order valence-electron chi connectivity index (χ3n) is 6.69. The van der Waals surface area contributed by atoms with Crippen molar-refractivity contribution in [2.75, 3.05) is 46.2 Å². The second kappa shape index (κ2) is 9.67. The van der Waals surface area contributed by atoms with Crippen LogP contribution in [0.5, 0.6) is 0 Å². The molecule has 2 aromatic heterocycles. The molecule has 0 radical (unpaired) electrons. The minimum atomic E-state index is -0.248. The molecule has 5 rings (SSSR count). The maximum atomic E-state index is 13.4. The predicted molar refractivity (Wildman–Crippen MR) is 137 cm³/mol. The highest BCUT2D eigenvalue weighted by atomic mass is 16.2. The molecule has 3 aromatic rings. The zero-order chi connectivity index (χ0) is 23.5. The van der Waals surface area contributed by atoms with E-state index in [1.807, 2.05) is 0 Å². The zero-order valence-electron chi connectivity index (χ0n) is 19.8. The van der Waals surface area contributed by atoms with Gasteiger partial charge in [-0.3, -0.25) is 15.2 Å². The highest BCUT2D eigenvalue weighted by Crippen LogP contribution is 2.36. The summed E-state index contributed by atoms with van der Waals surface area (Å²) in [6, 6.07) is 12.5. The molecule has 0 aliphatic carbocycles. The van der Waals surface area contributed by atoms with Crippen molar-refractivity contribution in [1.82, 2.24) is 15.0 Å². The summed E-state index contributed by atoms with van der Waals surface area (Å²) >= 11 is 0. The van der Waals surface area contributed by atoms with Crippen LogP contribution in [0.2, 0.25) is 0 Å². The van der Waals surface area contributed by atoms with E-state index >= 15 is 0 Å². The van der Waals surface area contributed by atoms with Gasteiger partial charge in [0.25, 0.3) is 0 Å². The van der Waals surface area contributed by atoms with Crippen molar-refractivity contribution in [3.05, 3.63) is 55.0 Å². The number of pyridine rings is 1. The van der Waals surface area contributed by atoms with E-state index < -0.39 is 0 Å². The minimum absolute atomic E-state index is 0.0225. The quantitative estimate of drug-likeness (QED) is 0.607. The number of rotatable bonds is 4. The molecule has 0 unspecified atom stereocenters. The monoisotopic (exact) mass is 457 g/mol. The summed E-state index contributed by atoms with van der Waals surface area (Å²) in [5.74, 6) is 1.10. The van der Waals surface area contributed by atoms with Gasteiger partial charge in [-0.2, -0.15) is 0 Å². The van der Waals surface area contributed by atoms with Crippen LogP contribution in [0.25, 0.3) is 11.3 Å². The van der Waals surface area contributed by atoms with Crippen molar-refractivity contribution < 1.29 is 4.79 Å². The first kappa shape index (κ1) is 22.1. The number of anilines is 4. The minimum Gasteiger partial charge on any atom is -0.372 e. The highest BCUT2D eigenvalue weighted by Gasteiger charge is 2.31. The van der Waals surface area contributed by atoms with Gasteiger partial charge in [-0.25, -0.2) is 14.8 Å². The molecule has 2 amide bonds. The summed E-state index contributed by atoms with van der Waals surface area (Å²) in [6.45, 7) is 8.12. The molecule has 34 heavy (non-hydrogen) atoms. The number of urea groups is 1. The molecule has 1 fully saturated rings. The number of hydrogen-bond acceptors (Lipinski definition) is 6. The molecule has 1 atom stereocenters. The third-order valence-corrected chi connectivity index (χ3v) is 6.69. The first-order valence-corrected chi connectivity index (χ1v) is 12.1. The van der Waals surface area contributed by atoms with Crippen LogP contribution in [0.15, 0.2) is 55.0 Å². The van der Waals surface area contributed by atoms with Crippen molar-refractivity contribution in [2.24, 2.45) is 0 Å². The lowest BCUT2D eigenvalue weighted by molar-refractivity contribution is 0.255. The Bertz CT molecular complexity index is 1150. The molecular weight excluding hydrogens is 426 g/mol. The van der Waals surface area contributed by atoms with Crippen molar-refractivity contribution in [2.45, 2.75) is 39.2 Å². The number of hydrogen-bond donors (Lipinski definition) is 1. The molecule has 8 nitrogen and oxygen atoms in total. The molecule has 4 heterocycles. The molecular formula is C26H31N7O. The molecule has 1 saturated heterocycles. The Kier molecular flexibility index (Phi) is 6.29. The fraction of sp³-hybridized carbons (Fsp3) is 0.385. The summed E-state index contributed by atoms with van der Waals surface area (Å²) in [6.07, 6.45) is 8.02. The molecule has 0 spiro atoms. The lowest BCUT2D eigenvalue weighted by atomic mass is 10.1. The zero-order valence-corrected chi connectivity index (χ0v) is 19.8. The fourth-order valence-corrected chi connectivity index (χ4v) is 4.82. The highest BCUT2D eigenvalue weighted by molar-refractivity contribution is 6.03. The Morgan fingerprint density at radius 2 is 1.97 bits per heavy atom. The van der Waals surface area contributed by atoms with Crippen LogP contribution in [0.4, 0.5) is 27.8 Å². The first-order valence-electron chi connectivity index (χ1n) is 12.1. The van der Waals surface area contributed by atoms with E-state index in [2.05, 4.69) is 75.3 Å². The number of benzene rings is 1. The van der Waals surface area contributed by atoms with Gasteiger partial charge in [0, 0.05) is 55.9 Å². The Morgan fingerprint density at radius 3 is 2.74 bits per heavy atom. The molecule has 0 saturated carbocycles. The van der Waals surface area contributed by atoms with Gasteiger partial charge < -0.3 is 9.80 Å². The second-order valence-corrected chi connectivity index (χ2v) is 8.89. The summed E-state index contributed by atoms with van der Waals surface area (Å²) in [5, 5.41) is 2.90. The van der Waals surface area contributed by atoms with E-state index in [0.29, 0.717) is 11.6 Å². The van der Waals surface area contributed by atoms with Crippen LogP contribution in [0, 0.1) is 0 Å². The number of fused-ring (bicyclic) bond motifs is 1. The maximum absolute atomic E-state index is 13.4. The van der Waals surface area contributed by atoms with Crippen molar-refractivity contribution in [1.29, 1.82) is 0 Å². The second-order valence-electron chi connectivity index (χ2n) is 8.89. The maximum Gasteiger partial charge on any atom is 0.329 e. The van der Waals surface area contributed by atoms with Gasteiger partial charge in [0.05, 0.1) is 17.6 Å². The van der Waals surface area contributed by atoms with Gasteiger partial charge in [-0.05, 0) is 57.4 Å². The van der Waals surface area contributed by atoms with Crippen molar-refractivity contribution in [3.8, 4) is 11.3 Å². The fourth-order valence-electron chi connectivity index (χ4n) is 4.82. The van der Waals surface area contributed by atoms with Crippen LogP contribution in [-0.4, -0.2) is 53.2 Å². The van der Waals surface area contributed by atoms with Crippen LogP contribution < -0.4 is 20.0 Å². The van der Waals surface area contributed by atoms with Crippen LogP contribution in [0.3, 0.4) is 0 Å². The standard InChI is InChI=1S/C26H31N7O/c1-3-31-16-11-19(2)33(26(34)30-24-18-27-12-13-28-24)25-23(31)10-9-22(29-25)20-7-6-8-21(17-20)32-14-4-5-15-32/h6-10,12-13,17-19H,3-5,11,14-16H2,1-2H3,(H,28,30,34)/t19-/m1/s1. The van der Waals surface area contributed by atoms with E-state index in [9.17, 15) is 4.79 Å². The van der Waals surface area contributed by atoms with Gasteiger partial charge in [0.15, 0.2) is 11.6 Å². The summed E-state index contributed by atoms with van der Waals surface area (Å²) in [7, 11) is 0. The Morgan fingerprint density at radius 1 is 1.12 bits per heavy atom. The van der Waals surface area contributed by atoms with Crippen LogP contribution in [-0.2, 0) is 0 Å². The summed E-state index contributed by atoms with van der Waals surface area (Å²) in [5.41, 5.74) is 4.12. The van der Waals surface area contributed by atoms with Gasteiger partial charge >= 0.3 is 6.03 Å². The molecule has 2 aliphatic heterocycles. The largest absolute Gasteiger partial charge is 0.372 e. The Hall–Kier alpha value is -3.68. The number of nitrogens with zero attached hydrogens (tertiary/aromatic N) is 6. The number of amides is 2. The van der Waals surface area contributed by atoms with E-state index in [1.165, 1.54) is 18.5 Å². The Labute approximate surface area is 200 Å². The molecule has 1 N–H and O–H groups in total. The van der Waals surface area contributed by atoms with Gasteiger partial charge in [-0.15, -0.1) is 0 Å². The average Bonchev–Trinajstić information content (AvgIpc) is 3.36. The molecule has 1 aromatic carbocycles. The van der Waals surface area contributed by atoms with Gasteiger partial charge in [0.1, 0.15) is 0 Å². The molecule has 176 valence electrons. The molecule has 8 heteroatoms. The lowest BCUT2D eigenvalue weighted by Crippen LogP contribution is -2.42. The molecule has 0 bridgehead atoms. The molecule has 2 aliphatic rings. The van der Waals surface area contributed by atoms with Crippen LogP contribution in [0.1, 0.15) is 33.1 Å². The smallest absolute Gasteiger partial charge is 0.329 e. The van der Waals surface area contributed by atoms with Crippen molar-refractivity contribution in [3.63, 3.8) is 0 Å². The predicted octanol–water partition coefficient (Wildman–Crippen LogP) is 4.80. The van der Waals surface area contributed by atoms with Gasteiger partial charge in [-0.1, -0.05) is 12.1 Å².